The van der Waals surface area contributed by atoms with E-state index in [0.29, 0.717) is 0 Å². The Morgan fingerprint density at radius 2 is 1.55 bits per heavy atom. The number of hydrogen-bond acceptors (Lipinski definition) is 7. The van der Waals surface area contributed by atoms with Crippen molar-refractivity contribution in [1.82, 2.24) is 0 Å². The predicted molar refractivity (Wildman–Crippen MR) is 67.6 cm³/mol. The van der Waals surface area contributed by atoms with Crippen molar-refractivity contribution in [3.63, 3.8) is 0 Å². The van der Waals surface area contributed by atoms with Crippen molar-refractivity contribution in [2.45, 2.75) is 40.7 Å². The fraction of sp³-hybridized carbons (Fsp3) is 0.692. The van der Waals surface area contributed by atoms with Gasteiger partial charge in [0.2, 0.25) is 0 Å². The van der Waals surface area contributed by atoms with Crippen molar-refractivity contribution in [1.29, 1.82) is 0 Å². The molecule has 0 N–H and O–H groups in total. The van der Waals surface area contributed by atoms with E-state index in [4.69, 9.17) is 9.47 Å². The van der Waals surface area contributed by atoms with Crippen molar-refractivity contribution in [3.8, 4) is 0 Å². The molecule has 0 radical (unpaired) electrons. The molecule has 20 heavy (non-hydrogen) atoms. The van der Waals surface area contributed by atoms with E-state index in [1.165, 1.54) is 13.8 Å². The molecule has 0 saturated heterocycles. The monoisotopic (exact) mass is 288 g/mol. The van der Waals surface area contributed by atoms with Crippen LogP contribution in [-0.2, 0) is 33.4 Å². The van der Waals surface area contributed by atoms with E-state index in [2.05, 4.69) is 4.74 Å². The Labute approximate surface area is 117 Å². The fourth-order valence-electron chi connectivity index (χ4n) is 0.910. The molecule has 114 valence electrons. The Kier molecular flexibility index (Phi) is 6.89. The van der Waals surface area contributed by atoms with Gasteiger partial charge in [-0.05, 0) is 34.6 Å². The molecule has 7 nitrogen and oxygen atoms in total. The molecule has 0 aliphatic rings. The van der Waals surface area contributed by atoms with Crippen molar-refractivity contribution in [2.24, 2.45) is 5.41 Å². The molecule has 0 aliphatic heterocycles. The van der Waals surface area contributed by atoms with Gasteiger partial charge < -0.3 is 14.2 Å². The molecule has 0 aliphatic carbocycles. The first-order chi connectivity index (χ1) is 9.04. The highest BCUT2D eigenvalue weighted by atomic mass is 16.6. The van der Waals surface area contributed by atoms with Crippen LogP contribution in [0.4, 0.5) is 0 Å². The molecule has 0 fully saturated rings. The Bertz CT molecular complexity index is 392. The van der Waals surface area contributed by atoms with Crippen LogP contribution < -0.4 is 0 Å². The van der Waals surface area contributed by atoms with E-state index in [0.717, 1.165) is 0 Å². The Hall–Kier alpha value is -1.92. The lowest BCUT2D eigenvalue weighted by Gasteiger charge is -2.17. The molecule has 0 bridgehead atoms. The van der Waals surface area contributed by atoms with Gasteiger partial charge in [0.15, 0.2) is 18.5 Å². The number of ether oxygens (including phenoxy) is 3. The molecule has 1 atom stereocenters. The lowest BCUT2D eigenvalue weighted by molar-refractivity contribution is -0.173. The number of carbonyl (C=O) groups is 4. The number of hydrogen-bond donors (Lipinski definition) is 0. The highest BCUT2D eigenvalue weighted by molar-refractivity contribution is 5.84. The smallest absolute Gasteiger partial charge is 0.347 e. The average Bonchev–Trinajstić information content (AvgIpc) is 2.31. The summed E-state index contributed by atoms with van der Waals surface area (Å²) < 4.78 is 14.0. The van der Waals surface area contributed by atoms with Gasteiger partial charge in [-0.25, -0.2) is 9.59 Å². The zero-order chi connectivity index (χ0) is 15.9. The van der Waals surface area contributed by atoms with Crippen LogP contribution >= 0.6 is 0 Å². The zero-order valence-corrected chi connectivity index (χ0v) is 12.3. The zero-order valence-electron chi connectivity index (χ0n) is 12.3. The largest absolute Gasteiger partial charge is 0.455 e. The molecule has 0 aromatic heterocycles. The van der Waals surface area contributed by atoms with Crippen LogP contribution in [-0.4, -0.2) is 43.0 Å². The van der Waals surface area contributed by atoms with E-state index in [1.807, 2.05) is 0 Å². The minimum absolute atomic E-state index is 0.323. The second-order valence-corrected chi connectivity index (χ2v) is 5.27. The van der Waals surface area contributed by atoms with Gasteiger partial charge >= 0.3 is 17.9 Å². The second kappa shape index (κ2) is 7.62. The first-order valence-electron chi connectivity index (χ1n) is 6.07. The summed E-state index contributed by atoms with van der Waals surface area (Å²) >= 11 is 0. The maximum Gasteiger partial charge on any atom is 0.347 e. The third-order valence-electron chi connectivity index (χ3n) is 1.99. The second-order valence-electron chi connectivity index (χ2n) is 5.27. The molecule has 0 aromatic rings. The van der Waals surface area contributed by atoms with Crippen LogP contribution in [0.25, 0.3) is 0 Å². The van der Waals surface area contributed by atoms with E-state index in [-0.39, 0.29) is 12.4 Å². The summed E-state index contributed by atoms with van der Waals surface area (Å²) in [5, 5.41) is 0. The minimum atomic E-state index is -1.17. The summed E-state index contributed by atoms with van der Waals surface area (Å²) in [6.07, 6.45) is -1.17. The van der Waals surface area contributed by atoms with Gasteiger partial charge in [-0.3, -0.25) is 9.59 Å². The summed E-state index contributed by atoms with van der Waals surface area (Å²) in [5.41, 5.74) is -0.730. The summed E-state index contributed by atoms with van der Waals surface area (Å²) in [4.78, 5) is 44.7. The summed E-state index contributed by atoms with van der Waals surface area (Å²) in [6.45, 7) is 6.52. The lowest BCUT2D eigenvalue weighted by Crippen LogP contribution is -2.31. The molecular weight excluding hydrogens is 268 g/mol. The molecule has 0 rings (SSSR count). The van der Waals surface area contributed by atoms with E-state index in [9.17, 15) is 19.2 Å². The van der Waals surface area contributed by atoms with Crippen LogP contribution in [0, 0.1) is 5.41 Å². The van der Waals surface area contributed by atoms with Crippen LogP contribution in [0.5, 0.6) is 0 Å². The first-order valence-corrected chi connectivity index (χ1v) is 6.07. The molecule has 7 heteroatoms. The van der Waals surface area contributed by atoms with Crippen LogP contribution in [0.15, 0.2) is 0 Å². The van der Waals surface area contributed by atoms with E-state index >= 15 is 0 Å². The Morgan fingerprint density at radius 1 is 1.00 bits per heavy atom. The van der Waals surface area contributed by atoms with Gasteiger partial charge in [0.1, 0.15) is 6.61 Å². The molecule has 0 aromatic carbocycles. The van der Waals surface area contributed by atoms with Gasteiger partial charge in [-0.15, -0.1) is 0 Å². The number of ketones is 1. The third-order valence-corrected chi connectivity index (χ3v) is 1.99. The lowest BCUT2D eigenvalue weighted by atomic mass is 9.97. The average molecular weight is 288 g/mol. The number of carbonyl (C=O) groups excluding carboxylic acids is 4. The summed E-state index contributed by atoms with van der Waals surface area (Å²) in [6, 6.07) is 0. The highest BCUT2D eigenvalue weighted by Gasteiger charge is 2.25. The van der Waals surface area contributed by atoms with Gasteiger partial charge in [0, 0.05) is 0 Å². The fourth-order valence-corrected chi connectivity index (χ4v) is 0.910. The van der Waals surface area contributed by atoms with E-state index in [1.54, 1.807) is 20.8 Å². The Morgan fingerprint density at radius 3 is 2.00 bits per heavy atom. The van der Waals surface area contributed by atoms with Gasteiger partial charge in [-0.2, -0.15) is 0 Å². The normalized spacial score (nSPS) is 12.2. The standard InChI is InChI=1S/C13H20O7/c1-8(14)6-18-11(16)9(2)20-10(15)7-19-12(17)13(3,4)5/h9H,6-7H2,1-5H3. The van der Waals surface area contributed by atoms with Crippen molar-refractivity contribution < 1.29 is 33.4 Å². The summed E-state index contributed by atoms with van der Waals surface area (Å²) in [7, 11) is 0. The summed E-state index contributed by atoms with van der Waals surface area (Å²) in [5.74, 6) is -2.58. The number of rotatable bonds is 6. The van der Waals surface area contributed by atoms with Gasteiger partial charge in [-0.1, -0.05) is 0 Å². The minimum Gasteiger partial charge on any atom is -0.455 e. The first kappa shape index (κ1) is 18.1. The van der Waals surface area contributed by atoms with Crippen LogP contribution in [0.1, 0.15) is 34.6 Å². The highest BCUT2D eigenvalue weighted by Crippen LogP contribution is 2.14. The van der Waals surface area contributed by atoms with Gasteiger partial charge in [0.25, 0.3) is 0 Å². The Balaban J connectivity index is 4.11. The van der Waals surface area contributed by atoms with Crippen molar-refractivity contribution >= 4 is 23.7 Å². The number of esters is 3. The third kappa shape index (κ3) is 7.50. The molecule has 1 unspecified atom stereocenters. The van der Waals surface area contributed by atoms with Crippen molar-refractivity contribution in [3.05, 3.63) is 0 Å². The van der Waals surface area contributed by atoms with Crippen molar-refractivity contribution in [2.75, 3.05) is 13.2 Å². The van der Waals surface area contributed by atoms with Crippen LogP contribution in [0.3, 0.4) is 0 Å². The van der Waals surface area contributed by atoms with Crippen LogP contribution in [0.2, 0.25) is 0 Å². The quantitative estimate of drug-likeness (QED) is 0.522. The van der Waals surface area contributed by atoms with E-state index < -0.39 is 36.0 Å². The molecule has 0 amide bonds. The predicted octanol–water partition coefficient (Wildman–Crippen LogP) is 0.640. The molecule has 0 saturated carbocycles. The van der Waals surface area contributed by atoms with Gasteiger partial charge in [0.05, 0.1) is 5.41 Å². The molecule has 0 spiro atoms. The molecular formula is C13H20O7. The number of Topliss-reactive ketones (excluding diaryl/α,β-unsaturated/α-hetero) is 1. The SMILES string of the molecule is CC(=O)COC(=O)C(C)OC(=O)COC(=O)C(C)(C)C. The maximum absolute atomic E-state index is 11.4. The topological polar surface area (TPSA) is 96.0 Å². The maximum atomic E-state index is 11.4. The molecule has 0 heterocycles.